The number of nitrogens with zero attached hydrogens (tertiary/aromatic N) is 2. The third-order valence-electron chi connectivity index (χ3n) is 8.80. The van der Waals surface area contributed by atoms with Gasteiger partial charge in [-0.25, -0.2) is 0 Å². The number of phenolic OH excluding ortho intramolecular Hbond substituents is 2. The molecule has 3 fully saturated rings. The van der Waals surface area contributed by atoms with Crippen LogP contribution in [0.2, 0.25) is 0 Å². The summed E-state index contributed by atoms with van der Waals surface area (Å²) < 4.78 is 38.4. The number of anilines is 1. The summed E-state index contributed by atoms with van der Waals surface area (Å²) in [4.78, 5) is 15.9. The van der Waals surface area contributed by atoms with Crippen LogP contribution in [0, 0.1) is 16.2 Å². The Kier molecular flexibility index (Phi) is 10.0. The summed E-state index contributed by atoms with van der Waals surface area (Å²) in [7, 11) is 4.17. The van der Waals surface area contributed by atoms with Crippen molar-refractivity contribution in [2.24, 2.45) is 5.41 Å². The molecule has 13 heteroatoms. The molecule has 2 aliphatic carbocycles. The second-order valence-corrected chi connectivity index (χ2v) is 15.7. The van der Waals surface area contributed by atoms with Gasteiger partial charge < -0.3 is 15.5 Å². The van der Waals surface area contributed by atoms with Crippen LogP contribution >= 0.6 is 21.6 Å². The summed E-state index contributed by atoms with van der Waals surface area (Å²) in [5.74, 6) is -3.56. The smallest absolute Gasteiger partial charge is 0.405 e. The van der Waals surface area contributed by atoms with E-state index in [0.29, 0.717) is 17.5 Å². The van der Waals surface area contributed by atoms with Crippen molar-refractivity contribution in [3.05, 3.63) is 53.1 Å². The molecule has 3 aliphatic rings. The van der Waals surface area contributed by atoms with Crippen molar-refractivity contribution in [1.82, 2.24) is 10.2 Å². The molecule has 5 rings (SSSR count). The van der Waals surface area contributed by atoms with Crippen LogP contribution in [-0.4, -0.2) is 69.0 Å². The van der Waals surface area contributed by atoms with Gasteiger partial charge in [-0.05, 0) is 66.3 Å². The molecule has 0 aromatic heterocycles. The average molecular weight is 664 g/mol. The number of halogens is 3. The van der Waals surface area contributed by atoms with E-state index in [0.717, 1.165) is 40.1 Å². The van der Waals surface area contributed by atoms with Gasteiger partial charge in [0.15, 0.2) is 5.84 Å². The summed E-state index contributed by atoms with van der Waals surface area (Å²) in [6.45, 7) is 4.78. The lowest BCUT2D eigenvalue weighted by Gasteiger charge is -2.59. The summed E-state index contributed by atoms with van der Waals surface area (Å²) in [5.41, 5.74) is 1.95. The second kappa shape index (κ2) is 13.4. The molecule has 1 saturated heterocycles. The maximum absolute atomic E-state index is 12.8. The standard InChI is InChI=1S/C32H40F3N5O3S2/c1-19(2)24-11-25(27(42)12-26(24)41)28(36)40(29(37)30(43)38-16-32(33,34)35)21-9-7-20(8-10-21)15-39-17-31(18-39)13-23(14-31)45-44-22-5-3-4-6-22/h7-12,19,22-23,36-37,41-42H,3-6,13-18H2,1-2H3,(H,38,43). The molecular weight excluding hydrogens is 624 g/mol. The van der Waals surface area contributed by atoms with Crippen LogP contribution in [0.15, 0.2) is 36.4 Å². The summed E-state index contributed by atoms with van der Waals surface area (Å²) in [5, 5.41) is 41.4. The van der Waals surface area contributed by atoms with Crippen LogP contribution in [-0.2, 0) is 11.3 Å². The van der Waals surface area contributed by atoms with E-state index < -0.39 is 36.0 Å². The number of amidine groups is 2. The lowest BCUT2D eigenvalue weighted by Crippen LogP contribution is -2.62. The molecule has 0 atom stereocenters. The Morgan fingerprint density at radius 3 is 2.27 bits per heavy atom. The zero-order valence-electron chi connectivity index (χ0n) is 25.4. The first-order valence-corrected chi connectivity index (χ1v) is 17.5. The van der Waals surface area contributed by atoms with Crippen molar-refractivity contribution in [2.75, 3.05) is 24.5 Å². The first kappa shape index (κ1) is 33.5. The molecule has 2 saturated carbocycles. The van der Waals surface area contributed by atoms with E-state index in [1.807, 2.05) is 12.1 Å². The molecule has 1 spiro atoms. The van der Waals surface area contributed by atoms with Gasteiger partial charge in [0.2, 0.25) is 0 Å². The molecule has 45 heavy (non-hydrogen) atoms. The number of alkyl halides is 3. The van der Waals surface area contributed by atoms with E-state index in [9.17, 15) is 28.2 Å². The number of phenols is 2. The first-order chi connectivity index (χ1) is 21.2. The number of likely N-dealkylation sites (tertiary alicyclic amines) is 1. The topological polar surface area (TPSA) is 124 Å². The van der Waals surface area contributed by atoms with Crippen molar-refractivity contribution < 1.29 is 28.2 Å². The lowest BCUT2D eigenvalue weighted by molar-refractivity contribution is -0.134. The van der Waals surface area contributed by atoms with Crippen molar-refractivity contribution in [3.8, 4) is 11.5 Å². The van der Waals surface area contributed by atoms with Gasteiger partial charge in [-0.2, -0.15) is 13.2 Å². The molecule has 0 bridgehead atoms. The van der Waals surface area contributed by atoms with Gasteiger partial charge in [0.25, 0.3) is 5.91 Å². The van der Waals surface area contributed by atoms with E-state index in [2.05, 4.69) is 26.5 Å². The Balaban J connectivity index is 1.25. The molecule has 2 aromatic rings. The molecule has 1 aliphatic heterocycles. The number of aromatic hydroxyl groups is 2. The Morgan fingerprint density at radius 2 is 1.67 bits per heavy atom. The predicted octanol–water partition coefficient (Wildman–Crippen LogP) is 7.00. The van der Waals surface area contributed by atoms with E-state index in [-0.39, 0.29) is 22.9 Å². The number of rotatable bonds is 9. The summed E-state index contributed by atoms with van der Waals surface area (Å²) in [6, 6.07) is 9.32. The van der Waals surface area contributed by atoms with E-state index >= 15 is 0 Å². The van der Waals surface area contributed by atoms with Crippen LogP contribution in [0.3, 0.4) is 0 Å². The minimum Gasteiger partial charge on any atom is -0.508 e. The molecule has 0 unspecified atom stereocenters. The van der Waals surface area contributed by atoms with E-state index in [4.69, 9.17) is 10.8 Å². The fraction of sp³-hybridized carbons (Fsp3) is 0.531. The lowest BCUT2D eigenvalue weighted by atomic mass is 9.63. The van der Waals surface area contributed by atoms with Crippen molar-refractivity contribution in [3.63, 3.8) is 0 Å². The molecule has 244 valence electrons. The number of carbonyl (C=O) groups is 1. The number of hydrogen-bond acceptors (Lipinski definition) is 8. The predicted molar refractivity (Wildman–Crippen MR) is 175 cm³/mol. The average Bonchev–Trinajstić information content (AvgIpc) is 3.45. The minimum atomic E-state index is -4.68. The zero-order chi connectivity index (χ0) is 32.5. The fourth-order valence-corrected chi connectivity index (χ4v) is 10.1. The Hall–Kier alpha value is -2.90. The number of nitrogens with one attached hydrogen (secondary N) is 3. The summed E-state index contributed by atoms with van der Waals surface area (Å²) >= 11 is 0. The van der Waals surface area contributed by atoms with Crippen molar-refractivity contribution in [2.45, 2.75) is 81.5 Å². The number of hydrogen-bond donors (Lipinski definition) is 5. The maximum Gasteiger partial charge on any atom is 0.405 e. The molecular formula is C32H40F3N5O3S2. The Bertz CT molecular complexity index is 1420. The number of benzene rings is 2. The molecule has 2 aromatic carbocycles. The first-order valence-electron chi connectivity index (χ1n) is 15.3. The van der Waals surface area contributed by atoms with Gasteiger partial charge in [0.05, 0.1) is 5.56 Å². The van der Waals surface area contributed by atoms with Gasteiger partial charge in [-0.3, -0.25) is 25.4 Å². The largest absolute Gasteiger partial charge is 0.508 e. The third kappa shape index (κ3) is 7.91. The summed E-state index contributed by atoms with van der Waals surface area (Å²) in [6.07, 6.45) is 3.27. The highest BCUT2D eigenvalue weighted by Crippen LogP contribution is 2.56. The highest BCUT2D eigenvalue weighted by atomic mass is 33.1. The molecule has 8 nitrogen and oxygen atoms in total. The highest BCUT2D eigenvalue weighted by Gasteiger charge is 2.52. The van der Waals surface area contributed by atoms with Gasteiger partial charge in [-0.15, -0.1) is 0 Å². The van der Waals surface area contributed by atoms with Crippen LogP contribution in [0.25, 0.3) is 0 Å². The van der Waals surface area contributed by atoms with Gasteiger partial charge >= 0.3 is 6.18 Å². The Labute approximate surface area is 269 Å². The van der Waals surface area contributed by atoms with E-state index in [1.165, 1.54) is 44.6 Å². The van der Waals surface area contributed by atoms with Gasteiger partial charge in [-0.1, -0.05) is 60.4 Å². The van der Waals surface area contributed by atoms with Crippen LogP contribution in [0.1, 0.15) is 75.0 Å². The van der Waals surface area contributed by atoms with Crippen LogP contribution < -0.4 is 10.2 Å². The highest BCUT2D eigenvalue weighted by molar-refractivity contribution is 8.77. The van der Waals surface area contributed by atoms with Gasteiger partial charge in [0, 0.05) is 41.9 Å². The molecule has 5 N–H and O–H groups in total. The van der Waals surface area contributed by atoms with Crippen molar-refractivity contribution >= 4 is 44.9 Å². The quantitative estimate of drug-likeness (QED) is 0.111. The monoisotopic (exact) mass is 663 g/mol. The second-order valence-electron chi connectivity index (χ2n) is 12.9. The molecule has 1 amide bonds. The Morgan fingerprint density at radius 1 is 1.04 bits per heavy atom. The number of carbonyl (C=O) groups excluding carboxylic acids is 1. The SMILES string of the molecule is CC(C)c1cc(C(=N)N(C(=N)C(=O)NCC(F)(F)F)c2ccc(CN3CC4(CC(SSC5CCCC5)C4)C3)cc2)c(O)cc1O. The van der Waals surface area contributed by atoms with Crippen LogP contribution in [0.5, 0.6) is 11.5 Å². The number of amides is 1. The maximum atomic E-state index is 12.8. The zero-order valence-corrected chi connectivity index (χ0v) is 27.0. The van der Waals surface area contributed by atoms with Crippen LogP contribution in [0.4, 0.5) is 18.9 Å². The third-order valence-corrected chi connectivity index (χ3v) is 12.2. The molecule has 1 heterocycles. The minimum absolute atomic E-state index is 0.0848. The normalized spacial score (nSPS) is 18.5. The van der Waals surface area contributed by atoms with Gasteiger partial charge in [0.1, 0.15) is 23.9 Å². The fourth-order valence-electron chi connectivity index (χ4n) is 6.50. The van der Waals surface area contributed by atoms with Crippen molar-refractivity contribution in [1.29, 1.82) is 10.8 Å². The van der Waals surface area contributed by atoms with E-state index in [1.54, 1.807) is 31.3 Å². The molecule has 0 radical (unpaired) electrons.